The molecule has 0 radical (unpaired) electrons. The van der Waals surface area contributed by atoms with Gasteiger partial charge in [0.2, 0.25) is 0 Å². The van der Waals surface area contributed by atoms with Crippen molar-refractivity contribution in [1.82, 2.24) is 5.32 Å². The number of anilines is 1. The molecular formula is C23H24N2O3S2. The van der Waals surface area contributed by atoms with E-state index in [4.69, 9.17) is 0 Å². The van der Waals surface area contributed by atoms with E-state index in [0.29, 0.717) is 11.3 Å². The fourth-order valence-corrected chi connectivity index (χ4v) is 4.56. The molecule has 0 unspecified atom stereocenters. The first-order valence-corrected chi connectivity index (χ1v) is 12.1. The van der Waals surface area contributed by atoms with Crippen molar-refractivity contribution in [2.24, 2.45) is 0 Å². The number of hydrogen-bond donors (Lipinski definition) is 2. The van der Waals surface area contributed by atoms with Gasteiger partial charge < -0.3 is 5.32 Å². The summed E-state index contributed by atoms with van der Waals surface area (Å²) in [6.45, 7) is 3.94. The zero-order chi connectivity index (χ0) is 21.7. The average Bonchev–Trinajstić information content (AvgIpc) is 2.74. The van der Waals surface area contributed by atoms with Crippen LogP contribution in [0.4, 0.5) is 5.69 Å². The minimum Gasteiger partial charge on any atom is -0.346 e. The van der Waals surface area contributed by atoms with E-state index >= 15 is 0 Å². The maximum atomic E-state index is 12.6. The van der Waals surface area contributed by atoms with Crippen LogP contribution in [0.3, 0.4) is 0 Å². The van der Waals surface area contributed by atoms with Gasteiger partial charge in [-0.25, -0.2) is 8.42 Å². The largest absolute Gasteiger partial charge is 0.346 e. The molecule has 0 aliphatic carbocycles. The molecule has 0 bridgehead atoms. The molecule has 3 aromatic carbocycles. The van der Waals surface area contributed by atoms with Gasteiger partial charge >= 0.3 is 0 Å². The predicted octanol–water partition coefficient (Wildman–Crippen LogP) is 5.01. The Balaban J connectivity index is 1.68. The van der Waals surface area contributed by atoms with Crippen LogP contribution >= 0.6 is 11.8 Å². The number of thioether (sulfide) groups is 1. The summed E-state index contributed by atoms with van der Waals surface area (Å²) in [6.07, 6.45) is 1.93. The SMILES string of the molecule is CSc1ccc(S(=O)(=O)Nc2ccc(C(=O)N[C@@H](C)c3ccccc3C)cc2)cc1. The topological polar surface area (TPSA) is 75.3 Å². The summed E-state index contributed by atoms with van der Waals surface area (Å²) in [7, 11) is -3.69. The third-order valence-corrected chi connectivity index (χ3v) is 6.91. The van der Waals surface area contributed by atoms with Crippen molar-refractivity contribution in [3.05, 3.63) is 89.5 Å². The molecule has 0 saturated carbocycles. The molecule has 156 valence electrons. The van der Waals surface area contributed by atoms with Gasteiger partial charge in [-0.05, 0) is 79.8 Å². The standard InChI is InChI=1S/C23H24N2O3S2/c1-16-6-4-5-7-22(16)17(2)24-23(26)18-8-10-19(11-9-18)25-30(27,28)21-14-12-20(29-3)13-15-21/h4-15,17,25H,1-3H3,(H,24,26)/t17-/m0/s1. The summed E-state index contributed by atoms with van der Waals surface area (Å²) in [6, 6.07) is 20.8. The molecule has 2 N–H and O–H groups in total. The number of sulfonamides is 1. The number of benzene rings is 3. The van der Waals surface area contributed by atoms with Crippen LogP contribution in [0.2, 0.25) is 0 Å². The van der Waals surface area contributed by atoms with Gasteiger partial charge in [0, 0.05) is 16.1 Å². The monoisotopic (exact) mass is 440 g/mol. The van der Waals surface area contributed by atoms with Crippen molar-refractivity contribution in [3.63, 3.8) is 0 Å². The van der Waals surface area contributed by atoms with Crippen LogP contribution in [0.5, 0.6) is 0 Å². The highest BCUT2D eigenvalue weighted by atomic mass is 32.2. The second-order valence-electron chi connectivity index (χ2n) is 6.91. The van der Waals surface area contributed by atoms with E-state index in [9.17, 15) is 13.2 Å². The molecule has 1 amide bonds. The quantitative estimate of drug-likeness (QED) is 0.507. The Morgan fingerprint density at radius 3 is 2.17 bits per heavy atom. The molecule has 0 aromatic heterocycles. The molecule has 3 rings (SSSR count). The minimum absolute atomic E-state index is 0.138. The number of rotatable bonds is 7. The van der Waals surface area contributed by atoms with Crippen LogP contribution in [0.25, 0.3) is 0 Å². The second kappa shape index (κ2) is 9.36. The van der Waals surface area contributed by atoms with Crippen molar-refractivity contribution in [1.29, 1.82) is 0 Å². The first-order valence-electron chi connectivity index (χ1n) is 9.43. The van der Waals surface area contributed by atoms with E-state index in [2.05, 4.69) is 10.0 Å². The van der Waals surface area contributed by atoms with E-state index in [-0.39, 0.29) is 16.8 Å². The first kappa shape index (κ1) is 21.9. The number of hydrogen-bond acceptors (Lipinski definition) is 4. The lowest BCUT2D eigenvalue weighted by Gasteiger charge is -2.17. The van der Waals surface area contributed by atoms with Gasteiger partial charge in [0.15, 0.2) is 0 Å². The zero-order valence-electron chi connectivity index (χ0n) is 17.0. The predicted molar refractivity (Wildman–Crippen MR) is 123 cm³/mol. The lowest BCUT2D eigenvalue weighted by Crippen LogP contribution is -2.27. The fourth-order valence-electron chi connectivity index (χ4n) is 3.09. The van der Waals surface area contributed by atoms with Crippen molar-refractivity contribution >= 4 is 33.4 Å². The molecule has 30 heavy (non-hydrogen) atoms. The Morgan fingerprint density at radius 1 is 0.933 bits per heavy atom. The van der Waals surface area contributed by atoms with Gasteiger partial charge in [-0.15, -0.1) is 11.8 Å². The molecular weight excluding hydrogens is 416 g/mol. The van der Waals surface area contributed by atoms with Gasteiger partial charge in [0.1, 0.15) is 0 Å². The van der Waals surface area contributed by atoms with Crippen molar-refractivity contribution in [3.8, 4) is 0 Å². The Hall–Kier alpha value is -2.77. The normalized spacial score (nSPS) is 12.2. The summed E-state index contributed by atoms with van der Waals surface area (Å²) in [4.78, 5) is 13.7. The van der Waals surface area contributed by atoms with Crippen LogP contribution in [0.15, 0.2) is 82.6 Å². The number of amides is 1. The molecule has 0 spiro atoms. The van der Waals surface area contributed by atoms with Crippen LogP contribution < -0.4 is 10.0 Å². The molecule has 5 nitrogen and oxygen atoms in total. The van der Waals surface area contributed by atoms with Gasteiger partial charge in [0.05, 0.1) is 10.9 Å². The highest BCUT2D eigenvalue weighted by Gasteiger charge is 2.16. The lowest BCUT2D eigenvalue weighted by atomic mass is 10.0. The number of nitrogens with one attached hydrogen (secondary N) is 2. The van der Waals surface area contributed by atoms with Gasteiger partial charge in [0.25, 0.3) is 15.9 Å². The smallest absolute Gasteiger partial charge is 0.261 e. The van der Waals surface area contributed by atoms with E-state index in [1.54, 1.807) is 60.3 Å². The Kier molecular flexibility index (Phi) is 6.84. The van der Waals surface area contributed by atoms with Crippen LogP contribution in [-0.4, -0.2) is 20.6 Å². The van der Waals surface area contributed by atoms with Gasteiger partial charge in [-0.2, -0.15) is 0 Å². The average molecular weight is 441 g/mol. The van der Waals surface area contributed by atoms with E-state index < -0.39 is 10.0 Å². The summed E-state index contributed by atoms with van der Waals surface area (Å²) in [5.74, 6) is -0.215. The van der Waals surface area contributed by atoms with Crippen LogP contribution in [0, 0.1) is 6.92 Å². The van der Waals surface area contributed by atoms with E-state index in [1.165, 1.54) is 0 Å². The fraction of sp³-hybridized carbons (Fsp3) is 0.174. The van der Waals surface area contributed by atoms with E-state index in [1.807, 2.05) is 44.4 Å². The summed E-state index contributed by atoms with van der Waals surface area (Å²) < 4.78 is 27.7. The molecule has 1 atom stereocenters. The third kappa shape index (κ3) is 5.23. The van der Waals surface area contributed by atoms with Crippen LogP contribution in [0.1, 0.15) is 34.5 Å². The minimum atomic E-state index is -3.69. The summed E-state index contributed by atoms with van der Waals surface area (Å²) in [5, 5.41) is 2.98. The molecule has 0 aliphatic rings. The maximum Gasteiger partial charge on any atom is 0.261 e. The second-order valence-corrected chi connectivity index (χ2v) is 9.47. The third-order valence-electron chi connectivity index (χ3n) is 4.77. The number of aryl methyl sites for hydroxylation is 1. The Morgan fingerprint density at radius 2 is 1.57 bits per heavy atom. The highest BCUT2D eigenvalue weighted by Crippen LogP contribution is 2.21. The maximum absolute atomic E-state index is 12.6. The zero-order valence-corrected chi connectivity index (χ0v) is 18.7. The van der Waals surface area contributed by atoms with Crippen LogP contribution in [-0.2, 0) is 10.0 Å². The van der Waals surface area contributed by atoms with Crippen molar-refractivity contribution in [2.75, 3.05) is 11.0 Å². The summed E-state index contributed by atoms with van der Waals surface area (Å²) >= 11 is 1.55. The molecule has 0 saturated heterocycles. The Bertz CT molecular complexity index is 1130. The first-order chi connectivity index (χ1) is 14.3. The van der Waals surface area contributed by atoms with Gasteiger partial charge in [-0.3, -0.25) is 9.52 Å². The van der Waals surface area contributed by atoms with Crippen molar-refractivity contribution < 1.29 is 13.2 Å². The summed E-state index contributed by atoms with van der Waals surface area (Å²) in [5.41, 5.74) is 3.03. The molecule has 7 heteroatoms. The van der Waals surface area contributed by atoms with Gasteiger partial charge in [-0.1, -0.05) is 24.3 Å². The lowest BCUT2D eigenvalue weighted by molar-refractivity contribution is 0.0940. The number of carbonyl (C=O) groups is 1. The van der Waals surface area contributed by atoms with Crippen molar-refractivity contribution in [2.45, 2.75) is 29.7 Å². The molecule has 3 aromatic rings. The molecule has 0 aliphatic heterocycles. The molecule has 0 fully saturated rings. The van der Waals surface area contributed by atoms with E-state index in [0.717, 1.165) is 16.0 Å². The number of carbonyl (C=O) groups excluding carboxylic acids is 1. The molecule has 0 heterocycles. The Labute approximate surface area is 182 Å². The highest BCUT2D eigenvalue weighted by molar-refractivity contribution is 7.98.